The van der Waals surface area contributed by atoms with Gasteiger partial charge in [-0.05, 0) is 42.0 Å². The third-order valence-corrected chi connectivity index (χ3v) is 3.87. The molecule has 0 bridgehead atoms. The highest BCUT2D eigenvalue weighted by Gasteiger charge is 2.10. The Morgan fingerprint density at radius 3 is 1.53 bits per heavy atom. The zero-order chi connectivity index (χ0) is 21.5. The van der Waals surface area contributed by atoms with Crippen LogP contribution in [0.4, 0.5) is 11.4 Å². The molecular formula is C21H16N2O7. The summed E-state index contributed by atoms with van der Waals surface area (Å²) >= 11 is 0. The first-order valence-corrected chi connectivity index (χ1v) is 8.65. The maximum Gasteiger partial charge on any atom is 0.269 e. The van der Waals surface area contributed by atoms with Gasteiger partial charge in [0.25, 0.3) is 11.4 Å². The van der Waals surface area contributed by atoms with Gasteiger partial charge >= 0.3 is 0 Å². The molecule has 152 valence electrons. The Morgan fingerprint density at radius 1 is 0.733 bits per heavy atom. The van der Waals surface area contributed by atoms with E-state index in [1.165, 1.54) is 54.8 Å². The molecule has 3 aromatic carbocycles. The second-order valence-corrected chi connectivity index (χ2v) is 6.00. The molecule has 0 spiro atoms. The first-order chi connectivity index (χ1) is 14.4. The van der Waals surface area contributed by atoms with Crippen LogP contribution in [-0.2, 0) is 11.3 Å². The molecule has 0 N–H and O–H groups in total. The molecule has 0 heterocycles. The van der Waals surface area contributed by atoms with Gasteiger partial charge in [0.2, 0.25) is 0 Å². The van der Waals surface area contributed by atoms with E-state index in [0.717, 1.165) is 5.56 Å². The van der Waals surface area contributed by atoms with Crippen molar-refractivity contribution in [2.24, 2.45) is 0 Å². The number of nitro groups is 2. The Labute approximate surface area is 171 Å². The van der Waals surface area contributed by atoms with Crippen LogP contribution in [0.1, 0.15) is 5.56 Å². The zero-order valence-corrected chi connectivity index (χ0v) is 15.6. The Bertz CT molecular complexity index is 986. The number of benzene rings is 3. The number of ether oxygens (including phenoxy) is 3. The lowest BCUT2D eigenvalue weighted by Crippen LogP contribution is -1.93. The van der Waals surface area contributed by atoms with E-state index in [2.05, 4.69) is 6.58 Å². The van der Waals surface area contributed by atoms with Crippen molar-refractivity contribution in [3.05, 3.63) is 105 Å². The van der Waals surface area contributed by atoms with Crippen LogP contribution in [-0.4, -0.2) is 9.85 Å². The summed E-state index contributed by atoms with van der Waals surface area (Å²) in [5.74, 6) is 1.66. The predicted octanol–water partition coefficient (Wildman–Crippen LogP) is 5.75. The minimum atomic E-state index is -0.493. The molecular weight excluding hydrogens is 392 g/mol. The average Bonchev–Trinajstić information content (AvgIpc) is 2.73. The van der Waals surface area contributed by atoms with E-state index in [1.807, 2.05) is 0 Å². The summed E-state index contributed by atoms with van der Waals surface area (Å²) in [4.78, 5) is 20.6. The van der Waals surface area contributed by atoms with Crippen LogP contribution in [0.2, 0.25) is 0 Å². The average molecular weight is 408 g/mol. The molecule has 0 fully saturated rings. The highest BCUT2D eigenvalue weighted by atomic mass is 16.6. The third-order valence-electron chi connectivity index (χ3n) is 3.87. The zero-order valence-electron chi connectivity index (χ0n) is 15.6. The first kappa shape index (κ1) is 20.3. The van der Waals surface area contributed by atoms with E-state index in [9.17, 15) is 20.2 Å². The summed E-state index contributed by atoms with van der Waals surface area (Å²) in [5, 5.41) is 21.6. The third kappa shape index (κ3) is 5.32. The SMILES string of the molecule is C=COCc1cc(Oc2ccc([N+](=O)[O-])cc2)cc(Oc2ccc([N+](=O)[O-])cc2)c1. The number of rotatable bonds is 9. The summed E-state index contributed by atoms with van der Waals surface area (Å²) in [6.45, 7) is 3.73. The van der Waals surface area contributed by atoms with E-state index in [4.69, 9.17) is 14.2 Å². The van der Waals surface area contributed by atoms with Gasteiger partial charge in [0.15, 0.2) is 0 Å². The minimum Gasteiger partial charge on any atom is -0.497 e. The summed E-state index contributed by atoms with van der Waals surface area (Å²) < 4.78 is 16.8. The van der Waals surface area contributed by atoms with Crippen molar-refractivity contribution in [1.29, 1.82) is 0 Å². The Balaban J connectivity index is 1.84. The van der Waals surface area contributed by atoms with Crippen molar-refractivity contribution in [2.45, 2.75) is 6.61 Å². The highest BCUT2D eigenvalue weighted by Crippen LogP contribution is 2.32. The van der Waals surface area contributed by atoms with Gasteiger partial charge in [0, 0.05) is 30.3 Å². The van der Waals surface area contributed by atoms with E-state index in [1.54, 1.807) is 18.2 Å². The maximum atomic E-state index is 10.8. The van der Waals surface area contributed by atoms with E-state index < -0.39 is 9.85 Å². The molecule has 0 atom stereocenters. The van der Waals surface area contributed by atoms with E-state index >= 15 is 0 Å². The van der Waals surface area contributed by atoms with Crippen LogP contribution in [0.15, 0.2) is 79.6 Å². The van der Waals surface area contributed by atoms with Gasteiger partial charge in [-0.15, -0.1) is 0 Å². The van der Waals surface area contributed by atoms with Crippen LogP contribution in [0.5, 0.6) is 23.0 Å². The van der Waals surface area contributed by atoms with Gasteiger partial charge < -0.3 is 14.2 Å². The van der Waals surface area contributed by atoms with Gasteiger partial charge in [-0.25, -0.2) is 0 Å². The van der Waals surface area contributed by atoms with Gasteiger partial charge in [-0.1, -0.05) is 6.58 Å². The molecule has 9 heteroatoms. The summed E-state index contributed by atoms with van der Waals surface area (Å²) in [6, 6.07) is 16.4. The summed E-state index contributed by atoms with van der Waals surface area (Å²) in [6.07, 6.45) is 1.31. The Kier molecular flexibility index (Phi) is 6.23. The number of nitro benzene ring substituents is 2. The lowest BCUT2D eigenvalue weighted by atomic mass is 10.2. The van der Waals surface area contributed by atoms with Crippen molar-refractivity contribution >= 4 is 11.4 Å². The van der Waals surface area contributed by atoms with Gasteiger partial charge in [0.1, 0.15) is 29.6 Å². The smallest absolute Gasteiger partial charge is 0.269 e. The first-order valence-electron chi connectivity index (χ1n) is 8.65. The highest BCUT2D eigenvalue weighted by molar-refractivity contribution is 5.45. The minimum absolute atomic E-state index is 0.0438. The van der Waals surface area contributed by atoms with Crippen LogP contribution in [0.3, 0.4) is 0 Å². The second-order valence-electron chi connectivity index (χ2n) is 6.00. The van der Waals surface area contributed by atoms with Crippen LogP contribution in [0, 0.1) is 20.2 Å². The molecule has 0 saturated heterocycles. The molecule has 9 nitrogen and oxygen atoms in total. The molecule has 3 rings (SSSR count). The van der Waals surface area contributed by atoms with Crippen molar-refractivity contribution in [3.63, 3.8) is 0 Å². The van der Waals surface area contributed by atoms with Crippen molar-refractivity contribution in [2.75, 3.05) is 0 Å². The number of hydrogen-bond acceptors (Lipinski definition) is 7. The lowest BCUT2D eigenvalue weighted by Gasteiger charge is -2.12. The van der Waals surface area contributed by atoms with E-state index in [0.29, 0.717) is 23.0 Å². The van der Waals surface area contributed by atoms with Crippen molar-refractivity contribution in [1.82, 2.24) is 0 Å². The summed E-state index contributed by atoms with van der Waals surface area (Å²) in [7, 11) is 0. The van der Waals surface area contributed by atoms with Crippen LogP contribution < -0.4 is 9.47 Å². The van der Waals surface area contributed by atoms with Crippen LogP contribution in [0.25, 0.3) is 0 Å². The quantitative estimate of drug-likeness (QED) is 0.252. The monoisotopic (exact) mass is 408 g/mol. The molecule has 0 aromatic heterocycles. The van der Waals surface area contributed by atoms with Crippen LogP contribution >= 0.6 is 0 Å². The molecule has 0 aliphatic rings. The molecule has 3 aromatic rings. The van der Waals surface area contributed by atoms with Gasteiger partial charge in [-0.3, -0.25) is 20.2 Å². The fourth-order valence-electron chi connectivity index (χ4n) is 2.53. The molecule has 0 aliphatic carbocycles. The standard InChI is InChI=1S/C21H16N2O7/c1-2-28-14-15-11-20(29-18-7-3-16(4-8-18)22(24)25)13-21(12-15)30-19-9-5-17(6-10-19)23(26)27/h2-13H,1,14H2. The number of hydrogen-bond donors (Lipinski definition) is 0. The largest absolute Gasteiger partial charge is 0.497 e. The van der Waals surface area contributed by atoms with Crippen molar-refractivity contribution < 1.29 is 24.1 Å². The molecule has 0 aliphatic heterocycles. The molecule has 30 heavy (non-hydrogen) atoms. The predicted molar refractivity (Wildman–Crippen MR) is 108 cm³/mol. The van der Waals surface area contributed by atoms with Gasteiger partial charge in [-0.2, -0.15) is 0 Å². The Hall–Kier alpha value is -4.40. The number of non-ortho nitro benzene ring substituents is 2. The van der Waals surface area contributed by atoms with E-state index in [-0.39, 0.29) is 18.0 Å². The summed E-state index contributed by atoms with van der Waals surface area (Å²) in [5.41, 5.74) is 0.640. The lowest BCUT2D eigenvalue weighted by molar-refractivity contribution is -0.385. The topological polar surface area (TPSA) is 114 Å². The molecule has 0 amide bonds. The maximum absolute atomic E-state index is 10.8. The Morgan fingerprint density at radius 2 is 1.17 bits per heavy atom. The molecule has 0 saturated carbocycles. The second kappa shape index (κ2) is 9.20. The molecule has 0 unspecified atom stereocenters. The van der Waals surface area contributed by atoms with Gasteiger partial charge in [0.05, 0.1) is 16.1 Å². The molecule has 0 radical (unpaired) electrons. The fourth-order valence-corrected chi connectivity index (χ4v) is 2.53. The normalized spacial score (nSPS) is 10.1. The van der Waals surface area contributed by atoms with Crippen molar-refractivity contribution in [3.8, 4) is 23.0 Å². The fraction of sp³-hybridized carbons (Fsp3) is 0.0476. The number of nitrogens with zero attached hydrogens (tertiary/aromatic N) is 2.